The van der Waals surface area contributed by atoms with Gasteiger partial charge < -0.3 is 5.73 Å². The topological polar surface area (TPSA) is 83.3 Å². The second-order valence-corrected chi connectivity index (χ2v) is 5.16. The van der Waals surface area contributed by atoms with Crippen molar-refractivity contribution in [3.05, 3.63) is 42.6 Å². The molecule has 0 saturated heterocycles. The number of aryl methyl sites for hydroxylation is 1. The molecule has 0 spiro atoms. The van der Waals surface area contributed by atoms with Crippen molar-refractivity contribution in [2.75, 3.05) is 5.73 Å². The molecule has 1 aromatic carbocycles. The number of aromatic amines is 1. The predicted molar refractivity (Wildman–Crippen MR) is 78.1 cm³/mol. The van der Waals surface area contributed by atoms with Gasteiger partial charge in [0.1, 0.15) is 12.7 Å². The lowest BCUT2D eigenvalue weighted by atomic mass is 10.2. The lowest BCUT2D eigenvalue weighted by molar-refractivity contribution is -0.714. The van der Waals surface area contributed by atoms with Crippen LogP contribution in [0, 0.1) is 0 Å². The molecule has 0 atom stereocenters. The Kier molecular flexibility index (Phi) is 3.26. The van der Waals surface area contributed by atoms with Crippen LogP contribution in [0.15, 0.2) is 52.8 Å². The van der Waals surface area contributed by atoms with Gasteiger partial charge in [-0.25, -0.2) is 10.1 Å². The van der Waals surface area contributed by atoms with Crippen molar-refractivity contribution in [1.82, 2.24) is 10.1 Å². The Bertz CT molecular complexity index is 743. The number of rotatable bonds is 3. The minimum absolute atomic E-state index is 0.483. The molecule has 3 rings (SSSR count). The summed E-state index contributed by atoms with van der Waals surface area (Å²) in [6.45, 7) is 0. The van der Waals surface area contributed by atoms with Crippen LogP contribution in [-0.2, 0) is 7.05 Å². The summed E-state index contributed by atoms with van der Waals surface area (Å²) in [4.78, 5) is 4.33. The van der Waals surface area contributed by atoms with Gasteiger partial charge in [0.2, 0.25) is 0 Å². The SMILES string of the molecule is C[n+]1[nH]ccc1N=Nc1sc(N)nc1-c1ccccc1. The number of aromatic nitrogens is 3. The number of anilines is 1. The van der Waals surface area contributed by atoms with Crippen LogP contribution in [0.4, 0.5) is 16.0 Å². The monoisotopic (exact) mass is 285 g/mol. The number of nitrogens with one attached hydrogen (secondary N) is 1. The molecule has 20 heavy (non-hydrogen) atoms. The van der Waals surface area contributed by atoms with E-state index >= 15 is 0 Å². The lowest BCUT2D eigenvalue weighted by Gasteiger charge is -1.95. The van der Waals surface area contributed by atoms with E-state index in [0.717, 1.165) is 17.1 Å². The predicted octanol–water partition coefficient (Wildman–Crippen LogP) is 2.96. The van der Waals surface area contributed by atoms with Gasteiger partial charge >= 0.3 is 5.82 Å². The van der Waals surface area contributed by atoms with Gasteiger partial charge in [-0.05, 0) is 5.11 Å². The highest BCUT2D eigenvalue weighted by atomic mass is 32.1. The fourth-order valence-corrected chi connectivity index (χ4v) is 2.46. The summed E-state index contributed by atoms with van der Waals surface area (Å²) in [6.07, 6.45) is 1.80. The summed E-state index contributed by atoms with van der Waals surface area (Å²) in [6, 6.07) is 11.7. The molecule has 0 bridgehead atoms. The number of hydrogen-bond donors (Lipinski definition) is 2. The molecule has 0 aliphatic heterocycles. The first-order valence-electron chi connectivity index (χ1n) is 6.01. The fourth-order valence-electron chi connectivity index (χ4n) is 1.78. The summed E-state index contributed by atoms with van der Waals surface area (Å²) >= 11 is 1.32. The van der Waals surface area contributed by atoms with Crippen molar-refractivity contribution in [3.63, 3.8) is 0 Å². The number of azo groups is 1. The van der Waals surface area contributed by atoms with E-state index in [9.17, 15) is 0 Å². The van der Waals surface area contributed by atoms with E-state index in [4.69, 9.17) is 5.73 Å². The first-order chi connectivity index (χ1) is 9.74. The Hall–Kier alpha value is -2.54. The van der Waals surface area contributed by atoms with Crippen LogP contribution >= 0.6 is 11.3 Å². The number of thiazole rings is 1. The highest BCUT2D eigenvalue weighted by Crippen LogP contribution is 2.37. The maximum atomic E-state index is 5.79. The second-order valence-electron chi connectivity index (χ2n) is 4.15. The molecule has 0 aliphatic rings. The van der Waals surface area contributed by atoms with Crippen LogP contribution in [0.5, 0.6) is 0 Å². The van der Waals surface area contributed by atoms with Gasteiger partial charge in [0, 0.05) is 11.8 Å². The largest absolute Gasteiger partial charge is 0.375 e. The standard InChI is InChI=1S/C13H12N6S/c1-19-10(7-8-15-19)17-18-12-11(16-13(14)20-12)9-5-3-2-4-6-9/h2-8H,1H3,(H2,14,15,16,17)/p+1. The van der Waals surface area contributed by atoms with Gasteiger partial charge in [-0.2, -0.15) is 4.68 Å². The Balaban J connectivity index is 1.99. The van der Waals surface area contributed by atoms with Crippen molar-refractivity contribution in [2.24, 2.45) is 17.3 Å². The van der Waals surface area contributed by atoms with Gasteiger partial charge in [0.05, 0.1) is 11.2 Å². The third kappa shape index (κ3) is 2.43. The van der Waals surface area contributed by atoms with E-state index in [-0.39, 0.29) is 0 Å². The maximum absolute atomic E-state index is 5.79. The number of nitrogen functional groups attached to an aromatic ring is 1. The highest BCUT2D eigenvalue weighted by molar-refractivity contribution is 7.19. The van der Waals surface area contributed by atoms with Crippen LogP contribution in [-0.4, -0.2) is 10.1 Å². The molecular weight excluding hydrogens is 272 g/mol. The summed E-state index contributed by atoms with van der Waals surface area (Å²) in [5, 5.41) is 12.6. The van der Waals surface area contributed by atoms with Gasteiger partial charge in [-0.3, -0.25) is 0 Å². The molecule has 3 aromatic rings. The van der Waals surface area contributed by atoms with Crippen LogP contribution in [0.2, 0.25) is 0 Å². The number of benzene rings is 1. The van der Waals surface area contributed by atoms with E-state index < -0.39 is 0 Å². The molecule has 2 aromatic heterocycles. The molecule has 0 aliphatic carbocycles. The highest BCUT2D eigenvalue weighted by Gasteiger charge is 2.14. The summed E-state index contributed by atoms with van der Waals surface area (Å²) < 4.78 is 1.77. The van der Waals surface area contributed by atoms with Crippen LogP contribution in [0.25, 0.3) is 11.3 Å². The van der Waals surface area contributed by atoms with Crippen LogP contribution < -0.4 is 10.4 Å². The molecule has 2 heterocycles. The summed E-state index contributed by atoms with van der Waals surface area (Å²) in [5.41, 5.74) is 7.53. The van der Waals surface area contributed by atoms with Crippen molar-refractivity contribution < 1.29 is 4.68 Å². The van der Waals surface area contributed by atoms with Gasteiger partial charge in [-0.15, -0.1) is 0 Å². The van der Waals surface area contributed by atoms with Crippen molar-refractivity contribution in [2.45, 2.75) is 0 Å². The first-order valence-corrected chi connectivity index (χ1v) is 6.82. The molecule has 7 heteroatoms. The molecule has 3 N–H and O–H groups in total. The lowest BCUT2D eigenvalue weighted by Crippen LogP contribution is -2.28. The average molecular weight is 285 g/mol. The third-order valence-electron chi connectivity index (χ3n) is 2.76. The number of nitrogens with two attached hydrogens (primary N) is 1. The van der Waals surface area contributed by atoms with Gasteiger partial charge in [-0.1, -0.05) is 41.7 Å². The molecule has 0 radical (unpaired) electrons. The number of H-pyrrole nitrogens is 1. The number of hydrogen-bond acceptors (Lipinski definition) is 5. The quantitative estimate of drug-likeness (QED) is 0.573. The zero-order valence-corrected chi connectivity index (χ0v) is 11.6. The third-order valence-corrected chi connectivity index (χ3v) is 3.53. The second kappa shape index (κ2) is 5.22. The van der Waals surface area contributed by atoms with E-state index in [2.05, 4.69) is 20.3 Å². The van der Waals surface area contributed by atoms with E-state index in [1.54, 1.807) is 10.9 Å². The molecule has 0 amide bonds. The van der Waals surface area contributed by atoms with Gasteiger partial charge in [0.15, 0.2) is 10.1 Å². The zero-order valence-electron chi connectivity index (χ0n) is 10.8. The van der Waals surface area contributed by atoms with Crippen molar-refractivity contribution in [1.29, 1.82) is 0 Å². The minimum Gasteiger partial charge on any atom is -0.375 e. The van der Waals surface area contributed by atoms with Crippen molar-refractivity contribution >= 4 is 27.3 Å². The van der Waals surface area contributed by atoms with Crippen molar-refractivity contribution in [3.8, 4) is 11.3 Å². The Morgan fingerprint density at radius 1 is 1.20 bits per heavy atom. The smallest absolute Gasteiger partial charge is 0.370 e. The average Bonchev–Trinajstić information content (AvgIpc) is 3.03. The van der Waals surface area contributed by atoms with E-state index in [1.807, 2.05) is 43.4 Å². The molecular formula is C13H13N6S+. The Morgan fingerprint density at radius 2 is 2.00 bits per heavy atom. The van der Waals surface area contributed by atoms with Crippen LogP contribution in [0.1, 0.15) is 0 Å². The van der Waals surface area contributed by atoms with Gasteiger partial charge in [0.25, 0.3) is 0 Å². The first kappa shape index (κ1) is 12.5. The maximum Gasteiger partial charge on any atom is 0.370 e. The molecule has 0 unspecified atom stereocenters. The summed E-state index contributed by atoms with van der Waals surface area (Å²) in [7, 11) is 1.87. The molecule has 100 valence electrons. The van der Waals surface area contributed by atoms with E-state index in [1.165, 1.54) is 11.3 Å². The Morgan fingerprint density at radius 3 is 2.70 bits per heavy atom. The minimum atomic E-state index is 0.483. The zero-order chi connectivity index (χ0) is 13.9. The molecule has 0 fully saturated rings. The normalized spacial score (nSPS) is 11.2. The van der Waals surface area contributed by atoms with E-state index in [0.29, 0.717) is 10.1 Å². The van der Waals surface area contributed by atoms with Crippen LogP contribution in [0.3, 0.4) is 0 Å². The fraction of sp³-hybridized carbons (Fsp3) is 0.0769. The summed E-state index contributed by atoms with van der Waals surface area (Å²) in [5.74, 6) is 0.732. The number of nitrogens with zero attached hydrogens (tertiary/aromatic N) is 4. The molecule has 0 saturated carbocycles. The molecule has 6 nitrogen and oxygen atoms in total. The Labute approximate surface area is 119 Å².